The molecule has 0 aliphatic rings. The maximum absolute atomic E-state index is 13.5. The molecule has 0 aromatic heterocycles. The van der Waals surface area contributed by atoms with Gasteiger partial charge in [0.2, 0.25) is 5.91 Å². The van der Waals surface area contributed by atoms with Crippen LogP contribution >= 0.6 is 15.9 Å². The van der Waals surface area contributed by atoms with Gasteiger partial charge in [-0.05, 0) is 54.4 Å². The molecule has 194 valence electrons. The summed E-state index contributed by atoms with van der Waals surface area (Å²) in [6, 6.07) is 31.0. The highest BCUT2D eigenvalue weighted by Crippen LogP contribution is 2.26. The lowest BCUT2D eigenvalue weighted by atomic mass is 10.1. The van der Waals surface area contributed by atoms with Crippen molar-refractivity contribution in [1.29, 1.82) is 0 Å². The molecule has 2 amide bonds. The van der Waals surface area contributed by atoms with Crippen molar-refractivity contribution in [3.63, 3.8) is 0 Å². The van der Waals surface area contributed by atoms with Gasteiger partial charge in [0.15, 0.2) is 0 Å². The molecule has 0 bridgehead atoms. The van der Waals surface area contributed by atoms with Gasteiger partial charge in [0, 0.05) is 11.0 Å². The van der Waals surface area contributed by atoms with Gasteiger partial charge >= 0.3 is 0 Å². The molecule has 4 aromatic carbocycles. The molecule has 0 radical (unpaired) electrons. The number of nitrogens with zero attached hydrogens (tertiary/aromatic N) is 1. The third-order valence-electron chi connectivity index (χ3n) is 5.70. The van der Waals surface area contributed by atoms with Crippen LogP contribution in [0.5, 0.6) is 0 Å². The number of hydrogen-bond donors (Lipinski definition) is 2. The van der Waals surface area contributed by atoms with Crippen molar-refractivity contribution in [1.82, 2.24) is 5.32 Å². The molecule has 38 heavy (non-hydrogen) atoms. The van der Waals surface area contributed by atoms with Crippen LogP contribution in [0.4, 0.5) is 11.4 Å². The van der Waals surface area contributed by atoms with Crippen molar-refractivity contribution in [2.24, 2.45) is 0 Å². The molecule has 7 nitrogen and oxygen atoms in total. The van der Waals surface area contributed by atoms with Gasteiger partial charge < -0.3 is 10.6 Å². The van der Waals surface area contributed by atoms with E-state index in [1.54, 1.807) is 66.7 Å². The standard InChI is InChI=1S/C29H26BrN3O4S/c30-23-12-9-13-24(20-23)33(38(36,37)25-14-5-2-6-15-25)21-28(34)32-27-17-8-7-16-26(27)29(35)31-19-18-22-10-3-1-4-11-22/h1-17,20H,18-19,21H2,(H,31,35)(H,32,34). The molecule has 0 atom stereocenters. The number of carbonyl (C=O) groups excluding carboxylic acids is 2. The number of amides is 2. The van der Waals surface area contributed by atoms with Crippen LogP contribution in [0, 0.1) is 0 Å². The molecule has 4 aromatic rings. The van der Waals surface area contributed by atoms with E-state index in [2.05, 4.69) is 26.6 Å². The van der Waals surface area contributed by atoms with E-state index in [9.17, 15) is 18.0 Å². The topological polar surface area (TPSA) is 95.6 Å². The number of nitrogens with one attached hydrogen (secondary N) is 2. The number of hydrogen-bond acceptors (Lipinski definition) is 4. The molecule has 0 spiro atoms. The molecule has 0 saturated heterocycles. The maximum Gasteiger partial charge on any atom is 0.264 e. The Morgan fingerprint density at radius 3 is 2.16 bits per heavy atom. The second-order valence-corrected chi connectivity index (χ2v) is 11.2. The van der Waals surface area contributed by atoms with Gasteiger partial charge in [-0.2, -0.15) is 0 Å². The third-order valence-corrected chi connectivity index (χ3v) is 7.98. The van der Waals surface area contributed by atoms with Crippen LogP contribution in [0.3, 0.4) is 0 Å². The molecule has 0 aliphatic carbocycles. The predicted octanol–water partition coefficient (Wildman–Crippen LogP) is 5.26. The Hall–Kier alpha value is -3.95. The van der Waals surface area contributed by atoms with Crippen LogP contribution in [-0.2, 0) is 21.2 Å². The van der Waals surface area contributed by atoms with Crippen molar-refractivity contribution >= 4 is 49.1 Å². The lowest BCUT2D eigenvalue weighted by Crippen LogP contribution is -2.38. The Labute approximate surface area is 230 Å². The molecular weight excluding hydrogens is 566 g/mol. The average molecular weight is 593 g/mol. The van der Waals surface area contributed by atoms with Crippen molar-refractivity contribution in [3.05, 3.63) is 125 Å². The number of sulfonamides is 1. The highest BCUT2D eigenvalue weighted by Gasteiger charge is 2.27. The summed E-state index contributed by atoms with van der Waals surface area (Å²) in [5, 5.41) is 5.60. The van der Waals surface area contributed by atoms with Crippen molar-refractivity contribution in [3.8, 4) is 0 Å². The van der Waals surface area contributed by atoms with Crippen LogP contribution in [0.2, 0.25) is 0 Å². The largest absolute Gasteiger partial charge is 0.352 e. The first-order valence-corrected chi connectivity index (χ1v) is 14.1. The highest BCUT2D eigenvalue weighted by molar-refractivity contribution is 9.10. The molecule has 0 saturated carbocycles. The molecule has 9 heteroatoms. The third kappa shape index (κ3) is 6.87. The molecule has 0 aliphatic heterocycles. The number of halogens is 1. The Morgan fingerprint density at radius 1 is 0.789 bits per heavy atom. The minimum Gasteiger partial charge on any atom is -0.352 e. The molecule has 2 N–H and O–H groups in total. The summed E-state index contributed by atoms with van der Waals surface area (Å²) in [6.45, 7) is -0.0608. The number of anilines is 2. The molecule has 0 heterocycles. The molecule has 0 fully saturated rings. The van der Waals surface area contributed by atoms with E-state index < -0.39 is 22.5 Å². The summed E-state index contributed by atoms with van der Waals surface area (Å²) in [6.07, 6.45) is 0.667. The second kappa shape index (κ2) is 12.5. The van der Waals surface area contributed by atoms with Crippen molar-refractivity contribution in [2.45, 2.75) is 11.3 Å². The SMILES string of the molecule is O=C(CN(c1cccc(Br)c1)S(=O)(=O)c1ccccc1)Nc1ccccc1C(=O)NCCc1ccccc1. The summed E-state index contributed by atoms with van der Waals surface area (Å²) in [5.74, 6) is -0.924. The van der Waals surface area contributed by atoms with Crippen LogP contribution < -0.4 is 14.9 Å². The fraction of sp³-hybridized carbons (Fsp3) is 0.103. The summed E-state index contributed by atoms with van der Waals surface area (Å²) >= 11 is 3.37. The summed E-state index contributed by atoms with van der Waals surface area (Å²) < 4.78 is 28.7. The second-order valence-electron chi connectivity index (χ2n) is 8.39. The maximum atomic E-state index is 13.5. The molecule has 4 rings (SSSR count). The highest BCUT2D eigenvalue weighted by atomic mass is 79.9. The van der Waals surface area contributed by atoms with E-state index in [4.69, 9.17) is 0 Å². The van der Waals surface area contributed by atoms with Crippen molar-refractivity contribution in [2.75, 3.05) is 22.7 Å². The predicted molar refractivity (Wildman–Crippen MR) is 153 cm³/mol. The molecular formula is C29H26BrN3O4S. The van der Waals surface area contributed by atoms with Crippen LogP contribution in [0.1, 0.15) is 15.9 Å². The first-order valence-electron chi connectivity index (χ1n) is 11.9. The van der Waals surface area contributed by atoms with Gasteiger partial charge in [-0.1, -0.05) is 82.7 Å². The Balaban J connectivity index is 1.51. The normalized spacial score (nSPS) is 11.0. The molecule has 0 unspecified atom stereocenters. The Kier molecular flexibility index (Phi) is 8.93. The average Bonchev–Trinajstić information content (AvgIpc) is 2.93. The minimum absolute atomic E-state index is 0.0611. The monoisotopic (exact) mass is 591 g/mol. The summed E-state index contributed by atoms with van der Waals surface area (Å²) in [7, 11) is -4.05. The fourth-order valence-electron chi connectivity index (χ4n) is 3.84. The van der Waals surface area contributed by atoms with E-state index in [0.717, 1.165) is 9.87 Å². The quantitative estimate of drug-likeness (QED) is 0.263. The van der Waals surface area contributed by atoms with Crippen LogP contribution in [0.15, 0.2) is 119 Å². The van der Waals surface area contributed by atoms with Gasteiger partial charge in [0.1, 0.15) is 6.54 Å². The van der Waals surface area contributed by atoms with Gasteiger partial charge in [-0.3, -0.25) is 13.9 Å². The zero-order valence-corrected chi connectivity index (χ0v) is 22.8. The Morgan fingerprint density at radius 2 is 1.45 bits per heavy atom. The number of benzene rings is 4. The van der Waals surface area contributed by atoms with Crippen LogP contribution in [0.25, 0.3) is 0 Å². The fourth-order valence-corrected chi connectivity index (χ4v) is 5.66. The van der Waals surface area contributed by atoms with Gasteiger partial charge in [0.25, 0.3) is 15.9 Å². The first kappa shape index (κ1) is 27.1. The number of para-hydroxylation sites is 1. The van der Waals surface area contributed by atoms with Gasteiger partial charge in [-0.25, -0.2) is 8.42 Å². The lowest BCUT2D eigenvalue weighted by Gasteiger charge is -2.24. The summed E-state index contributed by atoms with van der Waals surface area (Å²) in [5.41, 5.74) is 2.00. The van der Waals surface area contributed by atoms with Gasteiger partial charge in [-0.15, -0.1) is 0 Å². The first-order chi connectivity index (χ1) is 18.3. The van der Waals surface area contributed by atoms with Crippen LogP contribution in [-0.4, -0.2) is 33.3 Å². The number of rotatable bonds is 10. The van der Waals surface area contributed by atoms with Crippen molar-refractivity contribution < 1.29 is 18.0 Å². The van der Waals surface area contributed by atoms with E-state index in [1.165, 1.54) is 12.1 Å². The smallest absolute Gasteiger partial charge is 0.264 e. The number of carbonyl (C=O) groups is 2. The zero-order valence-electron chi connectivity index (χ0n) is 20.4. The van der Waals surface area contributed by atoms with E-state index in [0.29, 0.717) is 28.8 Å². The summed E-state index contributed by atoms with van der Waals surface area (Å²) in [4.78, 5) is 26.1. The minimum atomic E-state index is -4.05. The van der Waals surface area contributed by atoms with E-state index in [1.807, 2.05) is 30.3 Å². The van der Waals surface area contributed by atoms with E-state index >= 15 is 0 Å². The van der Waals surface area contributed by atoms with E-state index in [-0.39, 0.29) is 16.4 Å². The zero-order chi connectivity index (χ0) is 27.0. The van der Waals surface area contributed by atoms with Gasteiger partial charge in [0.05, 0.1) is 21.8 Å². The lowest BCUT2D eigenvalue weighted by molar-refractivity contribution is -0.114. The Bertz CT molecular complexity index is 1510.